The maximum Gasteiger partial charge on any atom is 0.242 e. The number of hydrogen-bond donors (Lipinski definition) is 0. The first kappa shape index (κ1) is 15.9. The summed E-state index contributed by atoms with van der Waals surface area (Å²) in [6.45, 7) is 0.777. The number of halogens is 2. The van der Waals surface area contributed by atoms with Gasteiger partial charge in [0.05, 0.1) is 16.3 Å². The van der Waals surface area contributed by atoms with Crippen molar-refractivity contribution >= 4 is 37.6 Å². The smallest absolute Gasteiger partial charge is 0.242 e. The first-order valence-electron chi connectivity index (χ1n) is 5.23. The minimum Gasteiger partial charge on any atom is -0.383 e. The molecule has 0 fully saturated rings. The number of alkyl halides is 1. The molecular weight excluding hydrogens is 342 g/mol. The summed E-state index contributed by atoms with van der Waals surface area (Å²) in [5, 5.41) is 0.509. The highest BCUT2D eigenvalue weighted by molar-refractivity contribution is 9.09. The molecule has 0 spiro atoms. The molecule has 7 heteroatoms. The lowest BCUT2D eigenvalue weighted by molar-refractivity contribution is 0.195. The zero-order chi connectivity index (χ0) is 13.8. The van der Waals surface area contributed by atoms with Crippen LogP contribution < -0.4 is 0 Å². The molecular formula is C11H15BrClNO3S. The van der Waals surface area contributed by atoms with Crippen LogP contribution in [0.4, 0.5) is 0 Å². The van der Waals surface area contributed by atoms with Crippen molar-refractivity contribution in [1.82, 2.24) is 4.31 Å². The van der Waals surface area contributed by atoms with Gasteiger partial charge in [-0.3, -0.25) is 0 Å². The van der Waals surface area contributed by atoms with Crippen molar-refractivity contribution in [3.63, 3.8) is 0 Å². The van der Waals surface area contributed by atoms with E-state index in [0.29, 0.717) is 18.2 Å². The van der Waals surface area contributed by atoms with Crippen molar-refractivity contribution in [2.24, 2.45) is 0 Å². The van der Waals surface area contributed by atoms with Gasteiger partial charge < -0.3 is 4.74 Å². The normalized spacial score (nSPS) is 13.8. The van der Waals surface area contributed by atoms with Gasteiger partial charge in [0.2, 0.25) is 10.0 Å². The second-order valence-corrected chi connectivity index (χ2v) is 7.57. The average molecular weight is 357 g/mol. The van der Waals surface area contributed by atoms with Gasteiger partial charge in [-0.15, -0.1) is 0 Å². The molecule has 0 radical (unpaired) electrons. The molecule has 1 aromatic carbocycles. The van der Waals surface area contributed by atoms with Gasteiger partial charge in [-0.25, -0.2) is 8.42 Å². The fourth-order valence-corrected chi connectivity index (χ4v) is 3.63. The Morgan fingerprint density at radius 3 is 2.44 bits per heavy atom. The van der Waals surface area contributed by atoms with Gasteiger partial charge in [-0.2, -0.15) is 4.31 Å². The SMILES string of the molecule is COCC(Br)CN(C)S(=O)(=O)c1ccc(Cl)cc1. The van der Waals surface area contributed by atoms with E-state index in [4.69, 9.17) is 16.3 Å². The monoisotopic (exact) mass is 355 g/mol. The summed E-state index contributed by atoms with van der Waals surface area (Å²) in [6.07, 6.45) is 0. The van der Waals surface area contributed by atoms with Crippen LogP contribution in [0.15, 0.2) is 29.2 Å². The lowest BCUT2D eigenvalue weighted by Gasteiger charge is -2.20. The number of ether oxygens (including phenoxy) is 1. The summed E-state index contributed by atoms with van der Waals surface area (Å²) >= 11 is 9.10. The lowest BCUT2D eigenvalue weighted by atomic mass is 10.4. The van der Waals surface area contributed by atoms with Crippen LogP contribution in [0, 0.1) is 0 Å². The van der Waals surface area contributed by atoms with Crippen molar-refractivity contribution in [2.45, 2.75) is 9.72 Å². The Kier molecular flexibility index (Phi) is 6.07. The molecule has 1 atom stereocenters. The number of methoxy groups -OCH3 is 1. The van der Waals surface area contributed by atoms with Crippen LogP contribution in [0.5, 0.6) is 0 Å². The fourth-order valence-electron chi connectivity index (χ4n) is 1.40. The van der Waals surface area contributed by atoms with E-state index in [1.165, 1.54) is 23.5 Å². The third-order valence-electron chi connectivity index (χ3n) is 2.32. The molecule has 4 nitrogen and oxygen atoms in total. The minimum absolute atomic E-state index is 0.0467. The molecule has 1 unspecified atom stereocenters. The molecule has 0 aliphatic carbocycles. The van der Waals surface area contributed by atoms with E-state index in [0.717, 1.165) is 0 Å². The molecule has 18 heavy (non-hydrogen) atoms. The van der Waals surface area contributed by atoms with Crippen LogP contribution in [0.2, 0.25) is 5.02 Å². The molecule has 1 rings (SSSR count). The van der Waals surface area contributed by atoms with Gasteiger partial charge in [-0.1, -0.05) is 27.5 Å². The Balaban J connectivity index is 2.83. The molecule has 1 aromatic rings. The summed E-state index contributed by atoms with van der Waals surface area (Å²) in [4.78, 5) is 0.182. The molecule has 102 valence electrons. The van der Waals surface area contributed by atoms with E-state index in [2.05, 4.69) is 15.9 Å². The Morgan fingerprint density at radius 1 is 1.39 bits per heavy atom. The molecule has 0 aromatic heterocycles. The van der Waals surface area contributed by atoms with E-state index in [-0.39, 0.29) is 9.72 Å². The van der Waals surface area contributed by atoms with Crippen LogP contribution >= 0.6 is 27.5 Å². The van der Waals surface area contributed by atoms with E-state index in [9.17, 15) is 8.42 Å². The van der Waals surface area contributed by atoms with Gasteiger partial charge >= 0.3 is 0 Å². The largest absolute Gasteiger partial charge is 0.383 e. The van der Waals surface area contributed by atoms with E-state index in [1.807, 2.05) is 0 Å². The van der Waals surface area contributed by atoms with E-state index < -0.39 is 10.0 Å². The molecule has 0 amide bonds. The zero-order valence-electron chi connectivity index (χ0n) is 10.1. The van der Waals surface area contributed by atoms with Crippen LogP contribution in [0.3, 0.4) is 0 Å². The van der Waals surface area contributed by atoms with E-state index >= 15 is 0 Å². The molecule has 0 aliphatic heterocycles. The highest BCUT2D eigenvalue weighted by Gasteiger charge is 2.22. The van der Waals surface area contributed by atoms with Crippen molar-refractivity contribution in [3.05, 3.63) is 29.3 Å². The minimum atomic E-state index is -3.48. The Hall–Kier alpha value is -0.140. The summed E-state index contributed by atoms with van der Waals surface area (Å²) < 4.78 is 30.6. The third-order valence-corrected chi connectivity index (χ3v) is 4.97. The van der Waals surface area contributed by atoms with Crippen LogP contribution in [0.25, 0.3) is 0 Å². The molecule has 0 aliphatic rings. The first-order valence-corrected chi connectivity index (χ1v) is 7.96. The van der Waals surface area contributed by atoms with Crippen LogP contribution in [-0.2, 0) is 14.8 Å². The quantitative estimate of drug-likeness (QED) is 0.735. The Labute approximate surface area is 121 Å². The van der Waals surface area contributed by atoms with Gasteiger partial charge in [-0.05, 0) is 24.3 Å². The van der Waals surface area contributed by atoms with Gasteiger partial charge in [0.15, 0.2) is 0 Å². The van der Waals surface area contributed by atoms with Crippen LogP contribution in [-0.4, -0.2) is 44.9 Å². The van der Waals surface area contributed by atoms with Gasteiger partial charge in [0, 0.05) is 25.7 Å². The molecule has 0 N–H and O–H groups in total. The van der Waals surface area contributed by atoms with Crippen LogP contribution in [0.1, 0.15) is 0 Å². The Bertz CT molecular complexity index is 478. The zero-order valence-corrected chi connectivity index (χ0v) is 13.3. The highest BCUT2D eigenvalue weighted by atomic mass is 79.9. The predicted molar refractivity (Wildman–Crippen MR) is 75.9 cm³/mol. The topological polar surface area (TPSA) is 46.6 Å². The molecule has 0 saturated carbocycles. The summed E-state index contributed by atoms with van der Waals surface area (Å²) in [6, 6.07) is 6.10. The fraction of sp³-hybridized carbons (Fsp3) is 0.455. The van der Waals surface area contributed by atoms with Crippen molar-refractivity contribution in [1.29, 1.82) is 0 Å². The van der Waals surface area contributed by atoms with Gasteiger partial charge in [0.25, 0.3) is 0 Å². The summed E-state index contributed by atoms with van der Waals surface area (Å²) in [5.41, 5.74) is 0. The number of hydrogen-bond acceptors (Lipinski definition) is 3. The predicted octanol–water partition coefficient (Wildman–Crippen LogP) is 2.37. The average Bonchev–Trinajstić information content (AvgIpc) is 2.29. The molecule has 0 bridgehead atoms. The standard InChI is InChI=1S/C11H15BrClNO3S/c1-14(7-9(12)8-17-2)18(15,16)11-5-3-10(13)4-6-11/h3-6,9H,7-8H2,1-2H3. The number of benzene rings is 1. The maximum absolute atomic E-state index is 12.2. The molecule has 0 saturated heterocycles. The second kappa shape index (κ2) is 6.86. The van der Waals surface area contributed by atoms with Crippen molar-refractivity contribution < 1.29 is 13.2 Å². The highest BCUT2D eigenvalue weighted by Crippen LogP contribution is 2.18. The van der Waals surface area contributed by atoms with E-state index in [1.54, 1.807) is 19.2 Å². The lowest BCUT2D eigenvalue weighted by Crippen LogP contribution is -2.33. The number of sulfonamides is 1. The molecule has 0 heterocycles. The van der Waals surface area contributed by atoms with Gasteiger partial charge in [0.1, 0.15) is 0 Å². The summed E-state index contributed by atoms with van der Waals surface area (Å²) in [5.74, 6) is 0. The van der Waals surface area contributed by atoms with Crippen molar-refractivity contribution in [3.8, 4) is 0 Å². The van der Waals surface area contributed by atoms with Crippen molar-refractivity contribution in [2.75, 3.05) is 27.3 Å². The summed E-state index contributed by atoms with van der Waals surface area (Å²) in [7, 11) is -0.373. The number of nitrogens with zero attached hydrogens (tertiary/aromatic N) is 1. The number of rotatable bonds is 6. The first-order chi connectivity index (χ1) is 8.37. The Morgan fingerprint density at radius 2 is 1.94 bits per heavy atom. The second-order valence-electron chi connectivity index (χ2n) is 3.79. The third kappa shape index (κ3) is 4.20. The maximum atomic E-state index is 12.2.